The van der Waals surface area contributed by atoms with Gasteiger partial charge in [-0.15, -0.1) is 0 Å². The molecule has 18 heavy (non-hydrogen) atoms. The Morgan fingerprint density at radius 2 is 1.61 bits per heavy atom. The van der Waals surface area contributed by atoms with E-state index in [0.717, 1.165) is 6.54 Å². The molecule has 1 fully saturated rings. The highest BCUT2D eigenvalue weighted by molar-refractivity contribution is 5.30. The zero-order valence-electron chi connectivity index (χ0n) is 12.3. The summed E-state index contributed by atoms with van der Waals surface area (Å²) in [5, 5.41) is 3.72. The molecular weight excluding hydrogens is 218 g/mol. The third kappa shape index (κ3) is 3.14. The summed E-state index contributed by atoms with van der Waals surface area (Å²) in [6, 6.07) is 9.19. The first-order valence-electron chi connectivity index (χ1n) is 7.24. The highest BCUT2D eigenvalue weighted by Crippen LogP contribution is 2.40. The van der Waals surface area contributed by atoms with Crippen molar-refractivity contribution in [2.45, 2.75) is 64.3 Å². The third-order valence-corrected chi connectivity index (χ3v) is 4.18. The van der Waals surface area contributed by atoms with Gasteiger partial charge in [-0.3, -0.25) is 0 Å². The first kappa shape index (κ1) is 13.6. The molecule has 1 nitrogen and oxygen atoms in total. The summed E-state index contributed by atoms with van der Waals surface area (Å²) in [4.78, 5) is 0. The van der Waals surface area contributed by atoms with Crippen molar-refractivity contribution in [1.82, 2.24) is 5.32 Å². The van der Waals surface area contributed by atoms with E-state index in [-0.39, 0.29) is 5.54 Å². The normalized spacial score (nSPS) is 19.1. The maximum Gasteiger partial charge on any atom is 0.00968 e. The third-order valence-electron chi connectivity index (χ3n) is 4.18. The lowest BCUT2D eigenvalue weighted by Crippen LogP contribution is -2.45. The molecular formula is C17H27N. The van der Waals surface area contributed by atoms with Gasteiger partial charge in [-0.2, -0.15) is 0 Å². The molecule has 0 heterocycles. The maximum atomic E-state index is 3.72. The molecule has 1 heteroatoms. The Hall–Kier alpha value is -0.820. The van der Waals surface area contributed by atoms with Crippen LogP contribution in [0, 0.1) is 6.92 Å². The van der Waals surface area contributed by atoms with E-state index in [1.807, 2.05) is 0 Å². The SMILES string of the molecule is Cc1ccc(C2(CNC(C)(C)C)CCCC2)cc1. The quantitative estimate of drug-likeness (QED) is 0.841. The lowest BCUT2D eigenvalue weighted by Gasteiger charge is -2.34. The molecule has 0 aliphatic heterocycles. The Labute approximate surface area is 112 Å². The summed E-state index contributed by atoms with van der Waals surface area (Å²) in [6.07, 6.45) is 5.41. The summed E-state index contributed by atoms with van der Waals surface area (Å²) >= 11 is 0. The van der Waals surface area contributed by atoms with Crippen molar-refractivity contribution < 1.29 is 0 Å². The van der Waals surface area contributed by atoms with Gasteiger partial charge in [0, 0.05) is 17.5 Å². The van der Waals surface area contributed by atoms with Crippen LogP contribution in [0.2, 0.25) is 0 Å². The van der Waals surface area contributed by atoms with Crippen LogP contribution in [0.5, 0.6) is 0 Å². The molecule has 100 valence electrons. The average Bonchev–Trinajstić information content (AvgIpc) is 2.76. The van der Waals surface area contributed by atoms with Crippen molar-refractivity contribution in [1.29, 1.82) is 0 Å². The zero-order chi connectivity index (χ0) is 13.2. The van der Waals surface area contributed by atoms with Crippen LogP contribution < -0.4 is 5.32 Å². The van der Waals surface area contributed by atoms with E-state index >= 15 is 0 Å². The van der Waals surface area contributed by atoms with Crippen LogP contribution >= 0.6 is 0 Å². The van der Waals surface area contributed by atoms with Gasteiger partial charge in [0.25, 0.3) is 0 Å². The lowest BCUT2D eigenvalue weighted by atomic mass is 9.78. The Balaban J connectivity index is 2.19. The van der Waals surface area contributed by atoms with E-state index in [1.165, 1.54) is 36.8 Å². The van der Waals surface area contributed by atoms with E-state index in [9.17, 15) is 0 Å². The number of hydrogen-bond donors (Lipinski definition) is 1. The molecule has 1 aromatic carbocycles. The molecule has 2 rings (SSSR count). The van der Waals surface area contributed by atoms with Crippen LogP contribution in [0.1, 0.15) is 57.6 Å². The van der Waals surface area contributed by atoms with Crippen molar-refractivity contribution in [3.8, 4) is 0 Å². The van der Waals surface area contributed by atoms with Gasteiger partial charge in [0.15, 0.2) is 0 Å². The summed E-state index contributed by atoms with van der Waals surface area (Å²) in [5.74, 6) is 0. The topological polar surface area (TPSA) is 12.0 Å². The fraction of sp³-hybridized carbons (Fsp3) is 0.647. The van der Waals surface area contributed by atoms with Crippen molar-refractivity contribution in [2.24, 2.45) is 0 Å². The fourth-order valence-electron chi connectivity index (χ4n) is 2.96. The number of hydrogen-bond acceptors (Lipinski definition) is 1. The first-order valence-corrected chi connectivity index (χ1v) is 7.24. The number of benzene rings is 1. The molecule has 0 bridgehead atoms. The highest BCUT2D eigenvalue weighted by atomic mass is 15.0. The second kappa shape index (κ2) is 5.05. The van der Waals surface area contributed by atoms with Crippen molar-refractivity contribution in [3.63, 3.8) is 0 Å². The van der Waals surface area contributed by atoms with Crippen molar-refractivity contribution in [2.75, 3.05) is 6.54 Å². The van der Waals surface area contributed by atoms with E-state index in [4.69, 9.17) is 0 Å². The van der Waals surface area contributed by atoms with Crippen LogP contribution in [-0.2, 0) is 5.41 Å². The Morgan fingerprint density at radius 3 is 2.11 bits per heavy atom. The lowest BCUT2D eigenvalue weighted by molar-refractivity contribution is 0.333. The molecule has 1 aliphatic rings. The predicted octanol–water partition coefficient (Wildman–Crippen LogP) is 4.19. The van der Waals surface area contributed by atoms with Gasteiger partial charge in [0.1, 0.15) is 0 Å². The summed E-state index contributed by atoms with van der Waals surface area (Å²) < 4.78 is 0. The molecule has 0 unspecified atom stereocenters. The minimum atomic E-state index is 0.209. The summed E-state index contributed by atoms with van der Waals surface area (Å²) in [5.41, 5.74) is 3.47. The van der Waals surface area contributed by atoms with Gasteiger partial charge >= 0.3 is 0 Å². The van der Waals surface area contributed by atoms with Crippen LogP contribution in [0.3, 0.4) is 0 Å². The highest BCUT2D eigenvalue weighted by Gasteiger charge is 2.36. The van der Waals surface area contributed by atoms with E-state index in [1.54, 1.807) is 0 Å². The molecule has 0 radical (unpaired) electrons. The van der Waals surface area contributed by atoms with E-state index < -0.39 is 0 Å². The number of rotatable bonds is 3. The smallest absolute Gasteiger partial charge is 0.00968 e. The van der Waals surface area contributed by atoms with Gasteiger partial charge in [0.2, 0.25) is 0 Å². The molecule has 0 atom stereocenters. The van der Waals surface area contributed by atoms with Gasteiger partial charge in [-0.1, -0.05) is 42.7 Å². The minimum absolute atomic E-state index is 0.209. The maximum absolute atomic E-state index is 3.72. The molecule has 0 amide bonds. The largest absolute Gasteiger partial charge is 0.311 e. The minimum Gasteiger partial charge on any atom is -0.311 e. The van der Waals surface area contributed by atoms with E-state index in [2.05, 4.69) is 57.3 Å². The van der Waals surface area contributed by atoms with Crippen LogP contribution in [0.4, 0.5) is 0 Å². The molecule has 0 saturated heterocycles. The fourth-order valence-corrected chi connectivity index (χ4v) is 2.96. The first-order chi connectivity index (χ1) is 8.41. The molecule has 1 aliphatic carbocycles. The van der Waals surface area contributed by atoms with E-state index in [0.29, 0.717) is 5.41 Å². The number of aryl methyl sites for hydroxylation is 1. The molecule has 0 spiro atoms. The van der Waals surface area contributed by atoms with Gasteiger partial charge in [0.05, 0.1) is 0 Å². The van der Waals surface area contributed by atoms with Gasteiger partial charge in [-0.05, 0) is 46.1 Å². The monoisotopic (exact) mass is 245 g/mol. The predicted molar refractivity (Wildman–Crippen MR) is 79.1 cm³/mol. The summed E-state index contributed by atoms with van der Waals surface area (Å²) in [7, 11) is 0. The second-order valence-electron chi connectivity index (χ2n) is 6.96. The van der Waals surface area contributed by atoms with Gasteiger partial charge < -0.3 is 5.32 Å². The van der Waals surface area contributed by atoms with Crippen LogP contribution in [0.15, 0.2) is 24.3 Å². The summed E-state index contributed by atoms with van der Waals surface area (Å²) in [6.45, 7) is 10.0. The molecule has 0 aromatic heterocycles. The zero-order valence-corrected chi connectivity index (χ0v) is 12.3. The molecule has 1 aromatic rings. The second-order valence-corrected chi connectivity index (χ2v) is 6.96. The standard InChI is InChI=1S/C17H27N/c1-14-7-9-15(10-8-14)17(11-5-6-12-17)13-18-16(2,3)4/h7-10,18H,5-6,11-13H2,1-4H3. The average molecular weight is 245 g/mol. The molecule has 1 N–H and O–H groups in total. The Kier molecular flexibility index (Phi) is 3.82. The number of nitrogens with one attached hydrogen (secondary N) is 1. The van der Waals surface area contributed by atoms with Gasteiger partial charge in [-0.25, -0.2) is 0 Å². The molecule has 1 saturated carbocycles. The van der Waals surface area contributed by atoms with Crippen molar-refractivity contribution in [3.05, 3.63) is 35.4 Å². The Bertz CT molecular complexity index is 377. The van der Waals surface area contributed by atoms with Crippen molar-refractivity contribution >= 4 is 0 Å². The Morgan fingerprint density at radius 1 is 1.06 bits per heavy atom. The van der Waals surface area contributed by atoms with Crippen LogP contribution in [0.25, 0.3) is 0 Å². The van der Waals surface area contributed by atoms with Crippen LogP contribution in [-0.4, -0.2) is 12.1 Å².